The molecule has 2 aromatic heterocycles. The van der Waals surface area contributed by atoms with Gasteiger partial charge >= 0.3 is 0 Å². The van der Waals surface area contributed by atoms with Gasteiger partial charge in [0.2, 0.25) is 0 Å². The average Bonchev–Trinajstić information content (AvgIpc) is 3.22. The molecule has 144 valence electrons. The maximum Gasteiger partial charge on any atom is 0.271 e. The number of thiazole rings is 1. The Hall–Kier alpha value is -2.73. The summed E-state index contributed by atoms with van der Waals surface area (Å²) in [6, 6.07) is 14.2. The maximum atomic E-state index is 12.6. The van der Waals surface area contributed by atoms with E-state index in [0.29, 0.717) is 12.2 Å². The molecule has 3 heterocycles. The van der Waals surface area contributed by atoms with E-state index in [2.05, 4.69) is 32.3 Å². The van der Waals surface area contributed by atoms with Gasteiger partial charge in [-0.3, -0.25) is 4.79 Å². The molecule has 5 nitrogen and oxygen atoms in total. The van der Waals surface area contributed by atoms with Crippen LogP contribution in [0.25, 0.3) is 0 Å². The molecule has 1 fully saturated rings. The van der Waals surface area contributed by atoms with Crippen molar-refractivity contribution >= 4 is 23.1 Å². The van der Waals surface area contributed by atoms with Gasteiger partial charge in [0.05, 0.1) is 5.01 Å². The second-order valence-corrected chi connectivity index (χ2v) is 7.95. The lowest BCUT2D eigenvalue weighted by Gasteiger charge is -2.29. The number of pyridine rings is 1. The van der Waals surface area contributed by atoms with Crippen molar-refractivity contribution in [1.29, 1.82) is 0 Å². The van der Waals surface area contributed by atoms with E-state index in [0.717, 1.165) is 35.9 Å². The second-order valence-electron chi connectivity index (χ2n) is 7.01. The lowest BCUT2D eigenvalue weighted by Crippen LogP contribution is -2.32. The number of carbonyl (C=O) groups is 1. The largest absolute Gasteiger partial charge is 0.356 e. The third-order valence-corrected chi connectivity index (χ3v) is 5.79. The van der Waals surface area contributed by atoms with E-state index in [1.165, 1.54) is 36.2 Å². The Morgan fingerprint density at radius 3 is 2.71 bits per heavy atom. The van der Waals surface area contributed by atoms with Gasteiger partial charge in [0, 0.05) is 43.2 Å². The minimum absolute atomic E-state index is 0.135. The fourth-order valence-corrected chi connectivity index (χ4v) is 4.30. The lowest BCUT2D eigenvalue weighted by atomic mass is 10.1. The molecule has 6 heteroatoms. The number of aromatic nitrogens is 2. The predicted octanol–water partition coefficient (Wildman–Crippen LogP) is 4.05. The van der Waals surface area contributed by atoms with Crippen LogP contribution in [0.5, 0.6) is 0 Å². The van der Waals surface area contributed by atoms with Crippen LogP contribution >= 0.6 is 11.3 Å². The van der Waals surface area contributed by atoms with Crippen molar-refractivity contribution in [2.75, 3.05) is 18.0 Å². The normalized spacial score (nSPS) is 14.1. The second kappa shape index (κ2) is 8.97. The number of rotatable bonds is 6. The topological polar surface area (TPSA) is 58.1 Å². The highest BCUT2D eigenvalue weighted by molar-refractivity contribution is 7.09. The molecule has 1 saturated heterocycles. The van der Waals surface area contributed by atoms with Crippen molar-refractivity contribution in [2.24, 2.45) is 0 Å². The van der Waals surface area contributed by atoms with Gasteiger partial charge in [-0.2, -0.15) is 0 Å². The van der Waals surface area contributed by atoms with E-state index in [1.54, 1.807) is 0 Å². The first kappa shape index (κ1) is 18.6. The van der Waals surface area contributed by atoms with Crippen LogP contribution in [0.15, 0.2) is 54.0 Å². The number of amides is 1. The molecular formula is C22H24N4OS. The molecule has 0 aliphatic carbocycles. The fraction of sp³-hybridized carbons (Fsp3) is 0.318. The molecular weight excluding hydrogens is 368 g/mol. The SMILES string of the molecule is O=C(NCc1cccnc1N1CCCCC1)c1csc(Cc2ccccc2)n1. The third kappa shape index (κ3) is 4.57. The molecule has 0 unspecified atom stereocenters. The molecule has 1 amide bonds. The molecule has 1 aliphatic rings. The highest BCUT2D eigenvalue weighted by atomic mass is 32.1. The Morgan fingerprint density at radius 2 is 1.89 bits per heavy atom. The molecule has 1 aliphatic heterocycles. The molecule has 0 spiro atoms. The van der Waals surface area contributed by atoms with Crippen LogP contribution in [-0.4, -0.2) is 29.0 Å². The number of anilines is 1. The minimum atomic E-state index is -0.135. The van der Waals surface area contributed by atoms with Gasteiger partial charge in [0.1, 0.15) is 11.5 Å². The van der Waals surface area contributed by atoms with E-state index < -0.39 is 0 Å². The van der Waals surface area contributed by atoms with Gasteiger partial charge in [-0.15, -0.1) is 11.3 Å². The number of hydrogen-bond acceptors (Lipinski definition) is 5. The quantitative estimate of drug-likeness (QED) is 0.688. The van der Waals surface area contributed by atoms with Gasteiger partial charge in [-0.1, -0.05) is 36.4 Å². The van der Waals surface area contributed by atoms with E-state index in [1.807, 2.05) is 41.9 Å². The number of carbonyl (C=O) groups excluding carboxylic acids is 1. The van der Waals surface area contributed by atoms with E-state index >= 15 is 0 Å². The third-order valence-electron chi connectivity index (χ3n) is 4.95. The van der Waals surface area contributed by atoms with E-state index in [9.17, 15) is 4.79 Å². The standard InChI is InChI=1S/C22H24N4OS/c27-22(19-16-28-20(25-19)14-17-8-3-1-4-9-17)24-15-18-10-7-11-23-21(18)26-12-5-2-6-13-26/h1,3-4,7-11,16H,2,5-6,12-15H2,(H,24,27). The number of benzene rings is 1. The molecule has 0 radical (unpaired) electrons. The molecule has 0 saturated carbocycles. The summed E-state index contributed by atoms with van der Waals surface area (Å²) in [4.78, 5) is 24.0. The Labute approximate surface area is 169 Å². The zero-order valence-corrected chi connectivity index (χ0v) is 16.6. The monoisotopic (exact) mass is 392 g/mol. The first-order valence-electron chi connectivity index (χ1n) is 9.75. The Bertz CT molecular complexity index is 919. The van der Waals surface area contributed by atoms with Gasteiger partial charge < -0.3 is 10.2 Å². The van der Waals surface area contributed by atoms with Crippen molar-refractivity contribution in [2.45, 2.75) is 32.2 Å². The molecule has 1 N–H and O–H groups in total. The molecule has 4 rings (SSSR count). The molecule has 0 atom stereocenters. The first-order valence-corrected chi connectivity index (χ1v) is 10.6. The van der Waals surface area contributed by atoms with Crippen LogP contribution in [-0.2, 0) is 13.0 Å². The van der Waals surface area contributed by atoms with Crippen LogP contribution in [0.3, 0.4) is 0 Å². The first-order chi connectivity index (χ1) is 13.8. The van der Waals surface area contributed by atoms with Crippen LogP contribution < -0.4 is 10.2 Å². The van der Waals surface area contributed by atoms with Gasteiger partial charge in [-0.05, 0) is 30.9 Å². The molecule has 0 bridgehead atoms. The number of hydrogen-bond donors (Lipinski definition) is 1. The molecule has 3 aromatic rings. The maximum absolute atomic E-state index is 12.6. The number of nitrogens with zero attached hydrogens (tertiary/aromatic N) is 3. The van der Waals surface area contributed by atoms with Crippen LogP contribution in [0.2, 0.25) is 0 Å². The molecule has 1 aromatic carbocycles. The summed E-state index contributed by atoms with van der Waals surface area (Å²) >= 11 is 1.53. The van der Waals surface area contributed by atoms with Crippen molar-refractivity contribution in [3.8, 4) is 0 Å². The Morgan fingerprint density at radius 1 is 1.07 bits per heavy atom. The zero-order chi connectivity index (χ0) is 19.2. The van der Waals surface area contributed by atoms with Crippen LogP contribution in [0.4, 0.5) is 5.82 Å². The zero-order valence-electron chi connectivity index (χ0n) is 15.8. The Kier molecular flexibility index (Phi) is 5.97. The summed E-state index contributed by atoms with van der Waals surface area (Å²) in [5, 5.41) is 5.80. The highest BCUT2D eigenvalue weighted by Crippen LogP contribution is 2.21. The minimum Gasteiger partial charge on any atom is -0.356 e. The van der Waals surface area contributed by atoms with E-state index in [4.69, 9.17) is 0 Å². The Balaban J connectivity index is 1.39. The van der Waals surface area contributed by atoms with Crippen molar-refractivity contribution < 1.29 is 4.79 Å². The summed E-state index contributed by atoms with van der Waals surface area (Å²) in [5.74, 6) is 0.856. The summed E-state index contributed by atoms with van der Waals surface area (Å²) in [6.45, 7) is 2.53. The molecule has 28 heavy (non-hydrogen) atoms. The summed E-state index contributed by atoms with van der Waals surface area (Å²) in [7, 11) is 0. The number of piperidine rings is 1. The van der Waals surface area contributed by atoms with Crippen molar-refractivity contribution in [1.82, 2.24) is 15.3 Å². The predicted molar refractivity (Wildman–Crippen MR) is 113 cm³/mol. The van der Waals surface area contributed by atoms with Crippen LogP contribution in [0.1, 0.15) is 45.9 Å². The van der Waals surface area contributed by atoms with E-state index in [-0.39, 0.29) is 5.91 Å². The summed E-state index contributed by atoms with van der Waals surface area (Å²) in [5.41, 5.74) is 2.74. The van der Waals surface area contributed by atoms with Gasteiger partial charge in [0.25, 0.3) is 5.91 Å². The summed E-state index contributed by atoms with van der Waals surface area (Å²) in [6.07, 6.45) is 6.26. The smallest absolute Gasteiger partial charge is 0.271 e. The highest BCUT2D eigenvalue weighted by Gasteiger charge is 2.17. The van der Waals surface area contributed by atoms with Gasteiger partial charge in [-0.25, -0.2) is 9.97 Å². The number of nitrogens with one attached hydrogen (secondary N) is 1. The fourth-order valence-electron chi connectivity index (χ4n) is 3.49. The van der Waals surface area contributed by atoms with Crippen molar-refractivity contribution in [3.63, 3.8) is 0 Å². The average molecular weight is 393 g/mol. The van der Waals surface area contributed by atoms with Gasteiger partial charge in [0.15, 0.2) is 0 Å². The van der Waals surface area contributed by atoms with Crippen molar-refractivity contribution in [3.05, 3.63) is 75.9 Å². The lowest BCUT2D eigenvalue weighted by molar-refractivity contribution is 0.0946. The van der Waals surface area contributed by atoms with Crippen LogP contribution in [0, 0.1) is 0 Å². The summed E-state index contributed by atoms with van der Waals surface area (Å²) < 4.78 is 0.